The third-order valence-electron chi connectivity index (χ3n) is 5.02. The summed E-state index contributed by atoms with van der Waals surface area (Å²) in [6.45, 7) is 9.12. The van der Waals surface area contributed by atoms with Crippen molar-refractivity contribution in [2.24, 2.45) is 0 Å². The lowest BCUT2D eigenvalue weighted by Crippen LogP contribution is -2.55. The zero-order valence-corrected chi connectivity index (χ0v) is 17.6. The van der Waals surface area contributed by atoms with Crippen molar-refractivity contribution in [1.29, 1.82) is 0 Å². The molecule has 1 heterocycles. The molecular formula is C23H28N2O5. The smallest absolute Gasteiger partial charge is 0.408 e. The molecule has 1 aromatic rings. The van der Waals surface area contributed by atoms with E-state index >= 15 is 0 Å². The van der Waals surface area contributed by atoms with Crippen LogP contribution in [0.4, 0.5) is 4.79 Å². The minimum Gasteiger partial charge on any atom is -0.458 e. The molecular weight excluding hydrogens is 384 g/mol. The Labute approximate surface area is 176 Å². The fraction of sp³-hybridized carbons (Fsp3) is 0.435. The summed E-state index contributed by atoms with van der Waals surface area (Å²) in [5.74, 6) is -0.857. The molecule has 7 nitrogen and oxygen atoms in total. The quantitative estimate of drug-likeness (QED) is 0.573. The maximum Gasteiger partial charge on any atom is 0.408 e. The monoisotopic (exact) mass is 412 g/mol. The summed E-state index contributed by atoms with van der Waals surface area (Å²) < 4.78 is 10.7. The van der Waals surface area contributed by atoms with Gasteiger partial charge in [-0.25, -0.2) is 9.59 Å². The van der Waals surface area contributed by atoms with E-state index in [1.165, 1.54) is 11.0 Å². The number of likely N-dealkylation sites (tertiary alicyclic amines) is 1. The van der Waals surface area contributed by atoms with Crippen LogP contribution < -0.4 is 5.32 Å². The van der Waals surface area contributed by atoms with Crippen LogP contribution in [0.3, 0.4) is 0 Å². The number of nitrogens with one attached hydrogen (secondary N) is 1. The number of hydrogen-bond donors (Lipinski definition) is 1. The lowest BCUT2D eigenvalue weighted by molar-refractivity contribution is -0.163. The van der Waals surface area contributed by atoms with Crippen molar-refractivity contribution in [2.75, 3.05) is 0 Å². The van der Waals surface area contributed by atoms with Gasteiger partial charge < -0.3 is 19.7 Å². The van der Waals surface area contributed by atoms with Crippen molar-refractivity contribution in [1.82, 2.24) is 10.2 Å². The number of benzene rings is 1. The Balaban J connectivity index is 1.66. The number of alkyl carbamates (subject to hydrolysis) is 1. The molecule has 1 saturated heterocycles. The minimum atomic E-state index is -1.00. The van der Waals surface area contributed by atoms with E-state index in [1.807, 2.05) is 36.4 Å². The summed E-state index contributed by atoms with van der Waals surface area (Å²) >= 11 is 0. The average Bonchev–Trinajstić information content (AvgIpc) is 3.31. The topological polar surface area (TPSA) is 84.9 Å². The lowest BCUT2D eigenvalue weighted by Gasteiger charge is -2.34. The Kier molecular flexibility index (Phi) is 6.29. The Morgan fingerprint density at radius 3 is 2.60 bits per heavy atom. The van der Waals surface area contributed by atoms with E-state index in [2.05, 4.69) is 11.9 Å². The standard InChI is InChI=1S/C23H28N2O5/c1-5-18(24-22(28)29-14-15-9-7-6-8-10-15)20(26)25-17-12-11-16(13-17)19(25)21(27)30-23(2,3)4/h5-11,17-19H,1,12-14H2,2-4H3,(H,24,28)/t17-,18+,19+/m1/s1. The molecule has 2 amide bonds. The summed E-state index contributed by atoms with van der Waals surface area (Å²) in [5.41, 5.74) is 1.06. The van der Waals surface area contributed by atoms with Crippen LogP contribution in [0.5, 0.6) is 0 Å². The van der Waals surface area contributed by atoms with Gasteiger partial charge in [-0.2, -0.15) is 0 Å². The first-order chi connectivity index (χ1) is 14.2. The van der Waals surface area contributed by atoms with Gasteiger partial charge in [-0.1, -0.05) is 42.5 Å². The Hall–Kier alpha value is -3.09. The Bertz CT molecular complexity index is 856. The number of carbonyl (C=O) groups is 3. The van der Waals surface area contributed by atoms with E-state index in [0.717, 1.165) is 11.1 Å². The third kappa shape index (κ3) is 4.90. The molecule has 1 N–H and O–H groups in total. The highest BCUT2D eigenvalue weighted by molar-refractivity contribution is 5.94. The summed E-state index contributed by atoms with van der Waals surface area (Å²) in [7, 11) is 0. The van der Waals surface area contributed by atoms with E-state index in [1.54, 1.807) is 20.8 Å². The van der Waals surface area contributed by atoms with Crippen LogP contribution in [-0.2, 0) is 25.7 Å². The van der Waals surface area contributed by atoms with Crippen molar-refractivity contribution in [3.63, 3.8) is 0 Å². The second-order valence-corrected chi connectivity index (χ2v) is 8.47. The number of carbonyl (C=O) groups excluding carboxylic acids is 3. The van der Waals surface area contributed by atoms with Crippen LogP contribution >= 0.6 is 0 Å². The number of amides is 2. The second-order valence-electron chi connectivity index (χ2n) is 8.47. The van der Waals surface area contributed by atoms with E-state index in [9.17, 15) is 14.4 Å². The molecule has 0 aromatic heterocycles. The van der Waals surface area contributed by atoms with Gasteiger partial charge in [0.2, 0.25) is 0 Å². The fourth-order valence-electron chi connectivity index (χ4n) is 3.75. The van der Waals surface area contributed by atoms with Crippen LogP contribution in [0.25, 0.3) is 0 Å². The third-order valence-corrected chi connectivity index (χ3v) is 5.02. The largest absolute Gasteiger partial charge is 0.458 e. The van der Waals surface area contributed by atoms with Crippen molar-refractivity contribution < 1.29 is 23.9 Å². The first-order valence-corrected chi connectivity index (χ1v) is 10.0. The highest BCUT2D eigenvalue weighted by Gasteiger charge is 2.49. The van der Waals surface area contributed by atoms with Crippen LogP contribution in [-0.4, -0.2) is 46.6 Å². The molecule has 7 heteroatoms. The number of nitrogens with zero attached hydrogens (tertiary/aromatic N) is 1. The van der Waals surface area contributed by atoms with Gasteiger partial charge in [0.05, 0.1) is 0 Å². The van der Waals surface area contributed by atoms with Gasteiger partial charge >= 0.3 is 12.1 Å². The van der Waals surface area contributed by atoms with E-state index in [0.29, 0.717) is 12.8 Å². The van der Waals surface area contributed by atoms with Gasteiger partial charge in [-0.3, -0.25) is 4.79 Å². The molecule has 1 aliphatic carbocycles. The first-order valence-electron chi connectivity index (χ1n) is 10.0. The van der Waals surface area contributed by atoms with Crippen LogP contribution in [0.2, 0.25) is 0 Å². The summed E-state index contributed by atoms with van der Waals surface area (Å²) in [4.78, 5) is 39.7. The summed E-state index contributed by atoms with van der Waals surface area (Å²) in [5, 5.41) is 2.54. The van der Waals surface area contributed by atoms with Crippen LogP contribution in [0, 0.1) is 0 Å². The van der Waals surface area contributed by atoms with Crippen molar-refractivity contribution >= 4 is 18.0 Å². The fourth-order valence-corrected chi connectivity index (χ4v) is 3.75. The Morgan fingerprint density at radius 2 is 1.97 bits per heavy atom. The first kappa shape index (κ1) is 21.6. The predicted octanol–water partition coefficient (Wildman–Crippen LogP) is 3.11. The van der Waals surface area contributed by atoms with Gasteiger partial charge in [0.15, 0.2) is 6.04 Å². The SMILES string of the molecule is C=C[C@H](NC(=O)OCc1ccccc1)C(=O)N1[C@@H]2CC=C(C2)[C@H]1C(=O)OC(C)(C)C. The molecule has 2 bridgehead atoms. The van der Waals surface area contributed by atoms with E-state index in [-0.39, 0.29) is 12.6 Å². The molecule has 3 atom stereocenters. The maximum atomic E-state index is 13.2. The molecule has 0 radical (unpaired) electrons. The average molecular weight is 412 g/mol. The molecule has 1 aliphatic heterocycles. The summed E-state index contributed by atoms with van der Waals surface area (Å²) in [6.07, 6.45) is 3.93. The Morgan fingerprint density at radius 1 is 1.27 bits per heavy atom. The molecule has 0 saturated carbocycles. The van der Waals surface area contributed by atoms with E-state index < -0.39 is 35.7 Å². The number of fused-ring (bicyclic) bond motifs is 2. The van der Waals surface area contributed by atoms with Crippen LogP contribution in [0.1, 0.15) is 39.2 Å². The molecule has 30 heavy (non-hydrogen) atoms. The van der Waals surface area contributed by atoms with Crippen molar-refractivity contribution in [3.8, 4) is 0 Å². The van der Waals surface area contributed by atoms with Crippen LogP contribution in [0.15, 0.2) is 54.6 Å². The van der Waals surface area contributed by atoms with E-state index in [4.69, 9.17) is 9.47 Å². The highest BCUT2D eigenvalue weighted by Crippen LogP contribution is 2.39. The number of rotatable bonds is 6. The maximum absolute atomic E-state index is 13.2. The normalized spacial score (nSPS) is 20.9. The molecule has 0 spiro atoms. The highest BCUT2D eigenvalue weighted by atomic mass is 16.6. The molecule has 0 unspecified atom stereocenters. The van der Waals surface area contributed by atoms with Gasteiger partial charge in [0.25, 0.3) is 5.91 Å². The minimum absolute atomic E-state index is 0.0878. The lowest BCUT2D eigenvalue weighted by atomic mass is 10.1. The van der Waals surface area contributed by atoms with Gasteiger partial charge in [0, 0.05) is 6.04 Å². The van der Waals surface area contributed by atoms with Gasteiger partial charge in [0.1, 0.15) is 18.2 Å². The molecule has 1 aromatic carbocycles. The number of esters is 1. The summed E-state index contributed by atoms with van der Waals surface area (Å²) in [6, 6.07) is 7.36. The molecule has 2 aliphatic rings. The zero-order valence-electron chi connectivity index (χ0n) is 17.6. The second kappa shape index (κ2) is 8.73. The molecule has 160 valence electrons. The van der Waals surface area contributed by atoms with Gasteiger partial charge in [-0.15, -0.1) is 6.58 Å². The predicted molar refractivity (Wildman–Crippen MR) is 111 cm³/mol. The number of hydrogen-bond acceptors (Lipinski definition) is 5. The van der Waals surface area contributed by atoms with Gasteiger partial charge in [-0.05, 0) is 44.7 Å². The molecule has 1 fully saturated rings. The van der Waals surface area contributed by atoms with Crippen molar-refractivity contribution in [3.05, 3.63) is 60.2 Å². The number of ether oxygens (including phenoxy) is 2. The van der Waals surface area contributed by atoms with Crippen molar-refractivity contribution in [2.45, 2.75) is 63.9 Å². The molecule has 3 rings (SSSR count). The zero-order chi connectivity index (χ0) is 21.9.